The van der Waals surface area contributed by atoms with E-state index >= 15 is 0 Å². The van der Waals surface area contributed by atoms with Crippen LogP contribution in [-0.4, -0.2) is 27.7 Å². The highest BCUT2D eigenvalue weighted by atomic mass is 16.5. The van der Waals surface area contributed by atoms with Crippen LogP contribution in [0.4, 0.5) is 0 Å². The number of hydrogen-bond acceptors (Lipinski definition) is 4. The number of aromatic nitrogens is 2. The van der Waals surface area contributed by atoms with Gasteiger partial charge < -0.3 is 9.68 Å². The zero-order valence-corrected chi connectivity index (χ0v) is 11.5. The second-order valence-electron chi connectivity index (χ2n) is 5.08. The molecule has 2 heterocycles. The van der Waals surface area contributed by atoms with Crippen LogP contribution in [0.2, 0.25) is 0 Å². The van der Waals surface area contributed by atoms with Crippen LogP contribution in [0.5, 0.6) is 0 Å². The average Bonchev–Trinajstić information content (AvgIpc) is 2.93. The first-order valence-corrected chi connectivity index (χ1v) is 6.50. The number of nitrogens with zero attached hydrogens (tertiary/aromatic N) is 2. The van der Waals surface area contributed by atoms with E-state index in [1.807, 2.05) is 26.1 Å². The molecule has 1 aromatic carbocycles. The smallest absolute Gasteiger partial charge is 0.423 e. The van der Waals surface area contributed by atoms with Gasteiger partial charge in [0, 0.05) is 18.3 Å². The Bertz CT molecular complexity index is 681. The van der Waals surface area contributed by atoms with Gasteiger partial charge in [0.2, 0.25) is 0 Å². The fraction of sp³-hybridized carbons (Fsp3) is 0.286. The maximum absolute atomic E-state index is 12.3. The van der Waals surface area contributed by atoms with Crippen molar-refractivity contribution in [2.75, 3.05) is 0 Å². The van der Waals surface area contributed by atoms with Gasteiger partial charge in [-0.3, -0.25) is 9.48 Å². The van der Waals surface area contributed by atoms with Crippen LogP contribution in [-0.2, 0) is 24.7 Å². The maximum Gasteiger partial charge on any atom is 0.491 e. The number of carbonyl (C=O) groups excluding carboxylic acids is 1. The molecule has 0 spiro atoms. The van der Waals surface area contributed by atoms with E-state index in [4.69, 9.17) is 4.65 Å². The Morgan fingerprint density at radius 1 is 1.50 bits per heavy atom. The van der Waals surface area contributed by atoms with Gasteiger partial charge in [0.15, 0.2) is 5.78 Å². The van der Waals surface area contributed by atoms with Crippen molar-refractivity contribution in [2.24, 2.45) is 7.05 Å². The van der Waals surface area contributed by atoms with E-state index in [2.05, 4.69) is 5.10 Å². The van der Waals surface area contributed by atoms with Crippen LogP contribution in [0.25, 0.3) is 0 Å². The summed E-state index contributed by atoms with van der Waals surface area (Å²) in [6, 6.07) is 7.25. The Kier molecular flexibility index (Phi) is 3.20. The highest BCUT2D eigenvalue weighted by Gasteiger charge is 2.28. The first-order chi connectivity index (χ1) is 9.54. The van der Waals surface area contributed by atoms with E-state index in [1.165, 1.54) is 0 Å². The first kappa shape index (κ1) is 13.1. The zero-order chi connectivity index (χ0) is 14.3. The summed E-state index contributed by atoms with van der Waals surface area (Å²) in [5.41, 5.74) is 3.99. The van der Waals surface area contributed by atoms with Crippen molar-refractivity contribution < 1.29 is 14.5 Å². The maximum atomic E-state index is 12.3. The second-order valence-corrected chi connectivity index (χ2v) is 5.08. The average molecular weight is 270 g/mol. The SMILES string of the molecule is Cc1cc(CC(=O)c2ccc3c(c2)B(O)OC3)n(C)n1. The van der Waals surface area contributed by atoms with Crippen LogP contribution in [0.3, 0.4) is 0 Å². The number of rotatable bonds is 3. The molecule has 0 saturated heterocycles. The van der Waals surface area contributed by atoms with Gasteiger partial charge in [-0.2, -0.15) is 5.10 Å². The minimum atomic E-state index is -0.920. The summed E-state index contributed by atoms with van der Waals surface area (Å²) in [6.07, 6.45) is 0.299. The molecular weight excluding hydrogens is 255 g/mol. The lowest BCUT2D eigenvalue weighted by Gasteiger charge is -2.04. The number of ketones is 1. The van der Waals surface area contributed by atoms with Gasteiger partial charge in [0.25, 0.3) is 0 Å². The molecule has 1 N–H and O–H groups in total. The molecule has 0 aliphatic carbocycles. The minimum Gasteiger partial charge on any atom is -0.423 e. The van der Waals surface area contributed by atoms with Gasteiger partial charge in [-0.15, -0.1) is 0 Å². The first-order valence-electron chi connectivity index (χ1n) is 6.50. The standard InChI is InChI=1S/C14H15BN2O3/c1-9-5-12(17(2)16-9)7-14(18)10-3-4-11-8-20-15(19)13(11)6-10/h3-6,19H,7-8H2,1-2H3. The molecule has 0 atom stereocenters. The van der Waals surface area contributed by atoms with E-state index in [0.717, 1.165) is 17.0 Å². The van der Waals surface area contributed by atoms with Gasteiger partial charge in [-0.1, -0.05) is 18.2 Å². The number of Topliss-reactive ketones (excluding diaryl/α,β-unsaturated/α-hetero) is 1. The molecule has 0 amide bonds. The molecule has 2 aromatic rings. The summed E-state index contributed by atoms with van der Waals surface area (Å²) in [6.45, 7) is 2.29. The third-order valence-corrected chi connectivity index (χ3v) is 3.57. The van der Waals surface area contributed by atoms with Crippen LogP contribution in [0.1, 0.15) is 27.3 Å². The van der Waals surface area contributed by atoms with Crippen molar-refractivity contribution in [3.63, 3.8) is 0 Å². The van der Waals surface area contributed by atoms with Crippen LogP contribution < -0.4 is 5.46 Å². The Balaban J connectivity index is 1.84. The van der Waals surface area contributed by atoms with Gasteiger partial charge in [-0.25, -0.2) is 0 Å². The Hall–Kier alpha value is -1.92. The summed E-state index contributed by atoms with van der Waals surface area (Å²) in [5.74, 6) is 0.00917. The summed E-state index contributed by atoms with van der Waals surface area (Å²) in [5, 5.41) is 13.9. The predicted molar refractivity (Wildman–Crippen MR) is 74.8 cm³/mol. The molecule has 0 saturated carbocycles. The summed E-state index contributed by atoms with van der Waals surface area (Å²) >= 11 is 0. The molecule has 1 aliphatic heterocycles. The quantitative estimate of drug-likeness (QED) is 0.646. The highest BCUT2D eigenvalue weighted by molar-refractivity contribution is 6.61. The fourth-order valence-electron chi connectivity index (χ4n) is 2.48. The van der Waals surface area contributed by atoms with Crippen molar-refractivity contribution in [1.82, 2.24) is 9.78 Å². The topological polar surface area (TPSA) is 64.3 Å². The highest BCUT2D eigenvalue weighted by Crippen LogP contribution is 2.13. The normalized spacial score (nSPS) is 13.7. The van der Waals surface area contributed by atoms with Crippen LogP contribution in [0, 0.1) is 6.92 Å². The molecular formula is C14H15BN2O3. The molecule has 3 rings (SSSR count). The molecule has 5 nitrogen and oxygen atoms in total. The molecule has 1 aliphatic rings. The van der Waals surface area contributed by atoms with E-state index in [-0.39, 0.29) is 5.78 Å². The monoisotopic (exact) mass is 270 g/mol. The molecule has 102 valence electrons. The van der Waals surface area contributed by atoms with Crippen molar-refractivity contribution in [3.05, 3.63) is 46.8 Å². The van der Waals surface area contributed by atoms with E-state index in [1.54, 1.807) is 16.8 Å². The summed E-state index contributed by atoms with van der Waals surface area (Å²) < 4.78 is 6.85. The lowest BCUT2D eigenvalue weighted by Crippen LogP contribution is -2.28. The number of aryl methyl sites for hydroxylation is 2. The molecule has 20 heavy (non-hydrogen) atoms. The van der Waals surface area contributed by atoms with Gasteiger partial charge in [0.1, 0.15) is 0 Å². The third kappa shape index (κ3) is 2.28. The van der Waals surface area contributed by atoms with Crippen molar-refractivity contribution in [1.29, 1.82) is 0 Å². The van der Waals surface area contributed by atoms with Gasteiger partial charge >= 0.3 is 7.12 Å². The predicted octanol–water partition coefficient (Wildman–Crippen LogP) is 0.372. The Morgan fingerprint density at radius 3 is 3.00 bits per heavy atom. The molecule has 1 aromatic heterocycles. The zero-order valence-electron chi connectivity index (χ0n) is 11.5. The lowest BCUT2D eigenvalue weighted by molar-refractivity contribution is 0.0991. The number of carbonyl (C=O) groups is 1. The van der Waals surface area contributed by atoms with Crippen LogP contribution in [0.15, 0.2) is 24.3 Å². The van der Waals surface area contributed by atoms with E-state index in [0.29, 0.717) is 24.1 Å². The number of fused-ring (bicyclic) bond motifs is 1. The minimum absolute atomic E-state index is 0.00917. The summed E-state index contributed by atoms with van der Waals surface area (Å²) in [4.78, 5) is 12.3. The van der Waals surface area contributed by atoms with Gasteiger partial charge in [0.05, 0.1) is 18.7 Å². The third-order valence-electron chi connectivity index (χ3n) is 3.57. The second kappa shape index (κ2) is 4.88. The lowest BCUT2D eigenvalue weighted by atomic mass is 9.78. The number of hydrogen-bond donors (Lipinski definition) is 1. The van der Waals surface area contributed by atoms with E-state index in [9.17, 15) is 9.82 Å². The van der Waals surface area contributed by atoms with Gasteiger partial charge in [-0.05, 0) is 24.0 Å². The van der Waals surface area contributed by atoms with E-state index < -0.39 is 7.12 Å². The Labute approximate surface area is 117 Å². The van der Waals surface area contributed by atoms with Crippen molar-refractivity contribution in [3.8, 4) is 0 Å². The molecule has 0 bridgehead atoms. The molecule has 0 fully saturated rings. The fourth-order valence-corrected chi connectivity index (χ4v) is 2.48. The Morgan fingerprint density at radius 2 is 2.30 bits per heavy atom. The molecule has 6 heteroatoms. The largest absolute Gasteiger partial charge is 0.491 e. The van der Waals surface area contributed by atoms with Crippen molar-refractivity contribution in [2.45, 2.75) is 20.0 Å². The summed E-state index contributed by atoms with van der Waals surface area (Å²) in [7, 11) is 0.910. The molecule has 0 unspecified atom stereocenters. The van der Waals surface area contributed by atoms with Crippen LogP contribution >= 0.6 is 0 Å². The number of benzene rings is 1. The molecule has 0 radical (unpaired) electrons. The van der Waals surface area contributed by atoms with Crippen molar-refractivity contribution >= 4 is 18.4 Å².